The molecule has 6 heteroatoms. The molecule has 1 aromatic carbocycles. The van der Waals surface area contributed by atoms with Crippen LogP contribution < -0.4 is 14.8 Å². The van der Waals surface area contributed by atoms with Crippen molar-refractivity contribution in [2.45, 2.75) is 25.5 Å². The minimum atomic E-state index is -0.0922. The third-order valence-corrected chi connectivity index (χ3v) is 3.88. The Morgan fingerprint density at radius 2 is 2.09 bits per heavy atom. The Morgan fingerprint density at radius 3 is 2.86 bits per heavy atom. The van der Waals surface area contributed by atoms with Crippen LogP contribution in [0.25, 0.3) is 0 Å². The molecule has 2 amide bonds. The number of carbonyl (C=O) groups excluding carboxylic acids is 1. The summed E-state index contributed by atoms with van der Waals surface area (Å²) in [5.74, 6) is 1.51. The number of hydrogen-bond donors (Lipinski definition) is 1. The lowest BCUT2D eigenvalue weighted by Crippen LogP contribution is -2.40. The van der Waals surface area contributed by atoms with E-state index in [9.17, 15) is 4.79 Å². The first-order chi connectivity index (χ1) is 10.7. The summed E-state index contributed by atoms with van der Waals surface area (Å²) in [6.45, 7) is 3.04. The van der Waals surface area contributed by atoms with Crippen molar-refractivity contribution < 1.29 is 19.0 Å². The van der Waals surface area contributed by atoms with Gasteiger partial charge in [-0.15, -0.1) is 0 Å². The largest absolute Gasteiger partial charge is 0.486 e. The monoisotopic (exact) mass is 306 g/mol. The van der Waals surface area contributed by atoms with Crippen molar-refractivity contribution in [2.75, 3.05) is 33.4 Å². The molecule has 0 aliphatic carbocycles. The minimum absolute atomic E-state index is 0.0922. The summed E-state index contributed by atoms with van der Waals surface area (Å²) in [4.78, 5) is 13.7. The number of benzene rings is 1. The van der Waals surface area contributed by atoms with Gasteiger partial charge in [-0.3, -0.25) is 0 Å². The summed E-state index contributed by atoms with van der Waals surface area (Å²) in [6, 6.07) is 5.68. The van der Waals surface area contributed by atoms with Gasteiger partial charge in [0.2, 0.25) is 0 Å². The van der Waals surface area contributed by atoms with Gasteiger partial charge in [-0.1, -0.05) is 6.07 Å². The molecule has 2 aliphatic heterocycles. The predicted octanol–water partition coefficient (Wildman–Crippen LogP) is 1.78. The number of rotatable bonds is 4. The van der Waals surface area contributed by atoms with Gasteiger partial charge in [0.25, 0.3) is 0 Å². The van der Waals surface area contributed by atoms with E-state index in [1.54, 1.807) is 11.9 Å². The van der Waals surface area contributed by atoms with Crippen molar-refractivity contribution in [3.8, 4) is 11.5 Å². The summed E-state index contributed by atoms with van der Waals surface area (Å²) in [6.07, 6.45) is 2.26. The van der Waals surface area contributed by atoms with Gasteiger partial charge in [0.1, 0.15) is 13.2 Å². The highest BCUT2D eigenvalue weighted by Gasteiger charge is 2.18. The highest BCUT2D eigenvalue weighted by Crippen LogP contribution is 2.31. The first-order valence-electron chi connectivity index (χ1n) is 7.71. The number of nitrogens with zero attached hydrogens (tertiary/aromatic N) is 1. The van der Waals surface area contributed by atoms with Gasteiger partial charge in [0, 0.05) is 26.7 Å². The van der Waals surface area contributed by atoms with Crippen molar-refractivity contribution in [1.82, 2.24) is 10.2 Å². The number of urea groups is 1. The van der Waals surface area contributed by atoms with Gasteiger partial charge < -0.3 is 24.4 Å². The zero-order valence-electron chi connectivity index (χ0n) is 12.8. The van der Waals surface area contributed by atoms with Crippen molar-refractivity contribution in [2.24, 2.45) is 0 Å². The second-order valence-corrected chi connectivity index (χ2v) is 5.66. The van der Waals surface area contributed by atoms with Gasteiger partial charge in [0.05, 0.1) is 6.10 Å². The lowest BCUT2D eigenvalue weighted by atomic mass is 10.2. The Bertz CT molecular complexity index is 529. The van der Waals surface area contributed by atoms with E-state index in [1.165, 1.54) is 0 Å². The number of fused-ring (bicyclic) bond motifs is 1. The number of nitrogens with one attached hydrogen (secondary N) is 1. The molecule has 120 valence electrons. The van der Waals surface area contributed by atoms with Gasteiger partial charge >= 0.3 is 6.03 Å². The molecule has 0 unspecified atom stereocenters. The molecule has 0 bridgehead atoms. The van der Waals surface area contributed by atoms with E-state index in [0.717, 1.165) is 36.5 Å². The Morgan fingerprint density at radius 1 is 1.27 bits per heavy atom. The van der Waals surface area contributed by atoms with E-state index in [4.69, 9.17) is 14.2 Å². The summed E-state index contributed by atoms with van der Waals surface area (Å²) in [5, 5.41) is 2.91. The van der Waals surface area contributed by atoms with Crippen LogP contribution >= 0.6 is 0 Å². The van der Waals surface area contributed by atoms with Crippen LogP contribution in [0, 0.1) is 0 Å². The summed E-state index contributed by atoms with van der Waals surface area (Å²) in [7, 11) is 1.78. The number of ether oxygens (including phenoxy) is 3. The van der Waals surface area contributed by atoms with Gasteiger partial charge in [0.15, 0.2) is 11.5 Å². The molecule has 1 aromatic rings. The highest BCUT2D eigenvalue weighted by atomic mass is 16.6. The standard InChI is InChI=1S/C16H22N2O4/c1-18(16(19)17-10-13-3-2-6-20-13)11-12-4-5-14-15(9-12)22-8-7-21-14/h4-5,9,13H,2-3,6-8,10-11H2,1H3,(H,17,19)/t13-/m1/s1. The normalized spacial score (nSPS) is 19.8. The zero-order chi connectivity index (χ0) is 15.4. The van der Waals surface area contributed by atoms with Crippen LogP contribution in [0.5, 0.6) is 11.5 Å². The second-order valence-electron chi connectivity index (χ2n) is 5.66. The van der Waals surface area contributed by atoms with Crippen LogP contribution in [0.1, 0.15) is 18.4 Å². The van der Waals surface area contributed by atoms with E-state index in [2.05, 4.69) is 5.32 Å². The van der Waals surface area contributed by atoms with E-state index >= 15 is 0 Å². The molecule has 6 nitrogen and oxygen atoms in total. The fourth-order valence-electron chi connectivity index (χ4n) is 2.67. The third kappa shape index (κ3) is 3.62. The maximum Gasteiger partial charge on any atom is 0.317 e. The lowest BCUT2D eigenvalue weighted by molar-refractivity contribution is 0.109. The molecular formula is C16H22N2O4. The maximum absolute atomic E-state index is 12.1. The lowest BCUT2D eigenvalue weighted by Gasteiger charge is -2.22. The molecule has 0 saturated carbocycles. The first kappa shape index (κ1) is 15.0. The van der Waals surface area contributed by atoms with E-state index in [1.807, 2.05) is 18.2 Å². The predicted molar refractivity (Wildman–Crippen MR) is 81.3 cm³/mol. The van der Waals surface area contributed by atoms with Crippen molar-refractivity contribution in [3.05, 3.63) is 23.8 Å². The Hall–Kier alpha value is -1.95. The van der Waals surface area contributed by atoms with Crippen LogP contribution in [-0.2, 0) is 11.3 Å². The summed E-state index contributed by atoms with van der Waals surface area (Å²) >= 11 is 0. The quantitative estimate of drug-likeness (QED) is 0.921. The fourth-order valence-corrected chi connectivity index (χ4v) is 2.67. The average molecular weight is 306 g/mol. The Balaban J connectivity index is 1.51. The minimum Gasteiger partial charge on any atom is -0.486 e. The van der Waals surface area contributed by atoms with E-state index in [-0.39, 0.29) is 12.1 Å². The third-order valence-electron chi connectivity index (χ3n) is 3.88. The summed E-state index contributed by atoms with van der Waals surface area (Å²) in [5.41, 5.74) is 1.01. The fraction of sp³-hybridized carbons (Fsp3) is 0.562. The number of hydrogen-bond acceptors (Lipinski definition) is 4. The molecule has 0 spiro atoms. The zero-order valence-corrected chi connectivity index (χ0v) is 12.8. The molecule has 1 saturated heterocycles. The van der Waals surface area contributed by atoms with Crippen LogP contribution in [-0.4, -0.2) is 50.4 Å². The van der Waals surface area contributed by atoms with Crippen LogP contribution in [0.2, 0.25) is 0 Å². The number of amides is 2. The van der Waals surface area contributed by atoms with Gasteiger partial charge in [-0.2, -0.15) is 0 Å². The van der Waals surface area contributed by atoms with Crippen LogP contribution in [0.3, 0.4) is 0 Å². The number of carbonyl (C=O) groups is 1. The van der Waals surface area contributed by atoms with Gasteiger partial charge in [-0.25, -0.2) is 4.79 Å². The molecule has 1 N–H and O–H groups in total. The Labute approximate surface area is 130 Å². The molecule has 22 heavy (non-hydrogen) atoms. The van der Waals surface area contributed by atoms with Crippen molar-refractivity contribution >= 4 is 6.03 Å². The second kappa shape index (κ2) is 6.87. The average Bonchev–Trinajstić information content (AvgIpc) is 3.06. The SMILES string of the molecule is CN(Cc1ccc2c(c1)OCCO2)C(=O)NC[C@H]1CCCO1. The summed E-state index contributed by atoms with van der Waals surface area (Å²) < 4.78 is 16.6. The molecular weight excluding hydrogens is 284 g/mol. The smallest absolute Gasteiger partial charge is 0.317 e. The van der Waals surface area contributed by atoms with Crippen molar-refractivity contribution in [3.63, 3.8) is 0 Å². The molecule has 3 rings (SSSR count). The molecule has 1 atom stereocenters. The molecule has 2 heterocycles. The maximum atomic E-state index is 12.1. The van der Waals surface area contributed by atoms with E-state index in [0.29, 0.717) is 26.3 Å². The highest BCUT2D eigenvalue weighted by molar-refractivity contribution is 5.73. The topological polar surface area (TPSA) is 60.0 Å². The van der Waals surface area contributed by atoms with Crippen LogP contribution in [0.15, 0.2) is 18.2 Å². The first-order valence-corrected chi connectivity index (χ1v) is 7.71. The van der Waals surface area contributed by atoms with E-state index < -0.39 is 0 Å². The molecule has 1 fully saturated rings. The molecule has 2 aliphatic rings. The van der Waals surface area contributed by atoms with Crippen LogP contribution in [0.4, 0.5) is 4.79 Å². The molecule has 0 aromatic heterocycles. The Kier molecular flexibility index (Phi) is 4.68. The molecule has 0 radical (unpaired) electrons. The van der Waals surface area contributed by atoms with Crippen molar-refractivity contribution in [1.29, 1.82) is 0 Å². The van der Waals surface area contributed by atoms with Gasteiger partial charge in [-0.05, 0) is 30.5 Å².